The van der Waals surface area contributed by atoms with Crippen molar-refractivity contribution in [3.05, 3.63) is 35.9 Å². The third kappa shape index (κ3) is 3.81. The van der Waals surface area contributed by atoms with Crippen LogP contribution in [0.25, 0.3) is 0 Å². The molecule has 1 aromatic rings. The molecule has 0 aliphatic carbocycles. The highest BCUT2D eigenvalue weighted by molar-refractivity contribution is 5.80. The van der Waals surface area contributed by atoms with Crippen LogP contribution in [0.5, 0.6) is 0 Å². The van der Waals surface area contributed by atoms with E-state index in [1.807, 2.05) is 37.4 Å². The number of aliphatic carboxylic acids is 1. The number of carbonyl (C=O) groups is 2. The van der Waals surface area contributed by atoms with Gasteiger partial charge in [-0.25, -0.2) is 0 Å². The Morgan fingerprint density at radius 1 is 1.40 bits per heavy atom. The molecule has 1 amide bonds. The van der Waals surface area contributed by atoms with Gasteiger partial charge < -0.3 is 15.3 Å². The van der Waals surface area contributed by atoms with E-state index in [9.17, 15) is 9.59 Å². The van der Waals surface area contributed by atoms with Crippen LogP contribution in [-0.4, -0.2) is 42.0 Å². The number of carboxylic acid groups (broad SMARTS) is 1. The van der Waals surface area contributed by atoms with E-state index >= 15 is 0 Å². The molecule has 108 valence electrons. The molecule has 1 aliphatic rings. The van der Waals surface area contributed by atoms with Gasteiger partial charge in [0.05, 0.1) is 18.4 Å². The van der Waals surface area contributed by atoms with Gasteiger partial charge in [-0.1, -0.05) is 30.3 Å². The van der Waals surface area contributed by atoms with Gasteiger partial charge in [0, 0.05) is 6.54 Å². The monoisotopic (exact) mass is 276 g/mol. The molecule has 2 atom stereocenters. The highest BCUT2D eigenvalue weighted by Gasteiger charge is 2.28. The fourth-order valence-corrected chi connectivity index (χ4v) is 2.55. The average Bonchev–Trinajstić information content (AvgIpc) is 2.85. The van der Waals surface area contributed by atoms with Crippen molar-refractivity contribution < 1.29 is 14.7 Å². The number of nitrogens with one attached hydrogen (secondary N) is 1. The molecular weight excluding hydrogens is 256 g/mol. The molecule has 1 saturated heterocycles. The zero-order chi connectivity index (χ0) is 14.5. The Morgan fingerprint density at radius 3 is 2.65 bits per heavy atom. The Bertz CT molecular complexity index is 475. The van der Waals surface area contributed by atoms with Crippen molar-refractivity contribution in [1.82, 2.24) is 10.2 Å². The quantitative estimate of drug-likeness (QED) is 0.849. The molecule has 0 aromatic heterocycles. The lowest BCUT2D eigenvalue weighted by molar-refractivity contribution is -0.137. The molecule has 0 bridgehead atoms. The van der Waals surface area contributed by atoms with Crippen molar-refractivity contribution in [3.8, 4) is 0 Å². The normalized spacial score (nSPS) is 20.6. The summed E-state index contributed by atoms with van der Waals surface area (Å²) in [4.78, 5) is 25.3. The van der Waals surface area contributed by atoms with E-state index in [0.29, 0.717) is 0 Å². The lowest BCUT2D eigenvalue weighted by Gasteiger charge is -2.20. The molecule has 5 nitrogen and oxygen atoms in total. The van der Waals surface area contributed by atoms with Crippen LogP contribution in [0.3, 0.4) is 0 Å². The van der Waals surface area contributed by atoms with Gasteiger partial charge in [0.2, 0.25) is 5.91 Å². The first-order valence-corrected chi connectivity index (χ1v) is 6.82. The number of likely N-dealkylation sites (tertiary alicyclic amines) is 1. The number of carboxylic acids is 1. The van der Waals surface area contributed by atoms with Gasteiger partial charge in [-0.3, -0.25) is 9.59 Å². The number of nitrogens with zero attached hydrogens (tertiary/aromatic N) is 1. The minimum absolute atomic E-state index is 0.0417. The first kappa shape index (κ1) is 14.5. The lowest BCUT2D eigenvalue weighted by atomic mass is 10.0. The molecule has 1 aromatic carbocycles. The van der Waals surface area contributed by atoms with Gasteiger partial charge in [-0.05, 0) is 25.6 Å². The van der Waals surface area contributed by atoms with Crippen LogP contribution in [0.15, 0.2) is 30.3 Å². The molecule has 2 N–H and O–H groups in total. The molecule has 20 heavy (non-hydrogen) atoms. The number of amides is 1. The summed E-state index contributed by atoms with van der Waals surface area (Å²) < 4.78 is 0. The number of hydrogen-bond donors (Lipinski definition) is 2. The van der Waals surface area contributed by atoms with Gasteiger partial charge in [0.1, 0.15) is 0 Å². The van der Waals surface area contributed by atoms with Gasteiger partial charge >= 0.3 is 5.97 Å². The van der Waals surface area contributed by atoms with Crippen LogP contribution in [0.1, 0.15) is 24.4 Å². The average molecular weight is 276 g/mol. The summed E-state index contributed by atoms with van der Waals surface area (Å²) in [6.45, 7) is 1.65. The Kier molecular flexibility index (Phi) is 4.74. The van der Waals surface area contributed by atoms with Crippen LogP contribution >= 0.6 is 0 Å². The maximum Gasteiger partial charge on any atom is 0.305 e. The highest BCUT2D eigenvalue weighted by Crippen LogP contribution is 2.20. The standard InChI is InChI=1S/C15H20N2O3/c1-17-8-7-12(10-17)15(20)16-13(9-14(18)19)11-5-3-2-4-6-11/h2-6,12-13H,7-10H2,1H3,(H,16,20)(H,18,19). The van der Waals surface area contributed by atoms with Crippen molar-refractivity contribution in [3.63, 3.8) is 0 Å². The molecule has 0 radical (unpaired) electrons. The van der Waals surface area contributed by atoms with Crippen molar-refractivity contribution in [2.45, 2.75) is 18.9 Å². The first-order chi connectivity index (χ1) is 9.56. The van der Waals surface area contributed by atoms with E-state index in [1.54, 1.807) is 0 Å². The number of benzene rings is 1. The van der Waals surface area contributed by atoms with Gasteiger partial charge in [0.15, 0.2) is 0 Å². The SMILES string of the molecule is CN1CCC(C(=O)NC(CC(=O)O)c2ccccc2)C1. The molecule has 1 heterocycles. The van der Waals surface area contributed by atoms with Crippen LogP contribution in [0.4, 0.5) is 0 Å². The molecule has 1 fully saturated rings. The van der Waals surface area contributed by atoms with E-state index in [0.717, 1.165) is 25.1 Å². The summed E-state index contributed by atoms with van der Waals surface area (Å²) in [5.41, 5.74) is 0.828. The smallest absolute Gasteiger partial charge is 0.305 e. The summed E-state index contributed by atoms with van der Waals surface area (Å²) >= 11 is 0. The van der Waals surface area contributed by atoms with Crippen LogP contribution < -0.4 is 5.32 Å². The maximum absolute atomic E-state index is 12.2. The number of rotatable bonds is 5. The molecular formula is C15H20N2O3. The van der Waals surface area contributed by atoms with Crippen molar-refractivity contribution >= 4 is 11.9 Å². The minimum atomic E-state index is -0.914. The van der Waals surface area contributed by atoms with E-state index < -0.39 is 12.0 Å². The summed E-state index contributed by atoms with van der Waals surface area (Å²) in [7, 11) is 1.99. The second kappa shape index (κ2) is 6.52. The first-order valence-electron chi connectivity index (χ1n) is 6.82. The Balaban J connectivity index is 2.04. The fourth-order valence-electron chi connectivity index (χ4n) is 2.55. The number of carbonyl (C=O) groups excluding carboxylic acids is 1. The second-order valence-corrected chi connectivity index (χ2v) is 5.32. The Hall–Kier alpha value is -1.88. The Morgan fingerprint density at radius 2 is 2.10 bits per heavy atom. The van der Waals surface area contributed by atoms with E-state index in [4.69, 9.17) is 5.11 Å². The van der Waals surface area contributed by atoms with Crippen molar-refractivity contribution in [1.29, 1.82) is 0 Å². The topological polar surface area (TPSA) is 69.6 Å². The third-order valence-electron chi connectivity index (χ3n) is 3.66. The minimum Gasteiger partial charge on any atom is -0.481 e. The van der Waals surface area contributed by atoms with E-state index in [-0.39, 0.29) is 18.2 Å². The highest BCUT2D eigenvalue weighted by atomic mass is 16.4. The van der Waals surface area contributed by atoms with Crippen LogP contribution in [-0.2, 0) is 9.59 Å². The summed E-state index contributed by atoms with van der Waals surface area (Å²) in [6.07, 6.45) is 0.731. The molecule has 0 saturated carbocycles. The predicted octanol–water partition coefficient (Wildman–Crippen LogP) is 1.27. The molecule has 5 heteroatoms. The zero-order valence-corrected chi connectivity index (χ0v) is 11.6. The molecule has 0 spiro atoms. The largest absolute Gasteiger partial charge is 0.481 e. The lowest BCUT2D eigenvalue weighted by Crippen LogP contribution is -2.36. The number of hydrogen-bond acceptors (Lipinski definition) is 3. The Labute approximate surface area is 118 Å². The summed E-state index contributed by atoms with van der Waals surface area (Å²) in [6, 6.07) is 8.78. The third-order valence-corrected chi connectivity index (χ3v) is 3.66. The van der Waals surface area contributed by atoms with Gasteiger partial charge in [0.25, 0.3) is 0 Å². The van der Waals surface area contributed by atoms with E-state index in [2.05, 4.69) is 10.2 Å². The molecule has 1 aliphatic heterocycles. The van der Waals surface area contributed by atoms with Gasteiger partial charge in [-0.15, -0.1) is 0 Å². The predicted molar refractivity (Wildman–Crippen MR) is 75.2 cm³/mol. The summed E-state index contributed by atoms with van der Waals surface area (Å²) in [5, 5.41) is 11.9. The van der Waals surface area contributed by atoms with Crippen molar-refractivity contribution in [2.24, 2.45) is 5.92 Å². The van der Waals surface area contributed by atoms with Crippen LogP contribution in [0, 0.1) is 5.92 Å². The summed E-state index contributed by atoms with van der Waals surface area (Å²) in [5.74, 6) is -1.01. The zero-order valence-electron chi connectivity index (χ0n) is 11.6. The maximum atomic E-state index is 12.2. The second-order valence-electron chi connectivity index (χ2n) is 5.32. The van der Waals surface area contributed by atoms with E-state index in [1.165, 1.54) is 0 Å². The van der Waals surface area contributed by atoms with Crippen molar-refractivity contribution in [2.75, 3.05) is 20.1 Å². The van der Waals surface area contributed by atoms with Gasteiger partial charge in [-0.2, -0.15) is 0 Å². The van der Waals surface area contributed by atoms with Crippen LogP contribution in [0.2, 0.25) is 0 Å². The fraction of sp³-hybridized carbons (Fsp3) is 0.467. The molecule has 2 rings (SSSR count). The molecule has 2 unspecified atom stereocenters.